The number of halogens is 2. The van der Waals surface area contributed by atoms with Crippen molar-refractivity contribution < 1.29 is 0 Å². The molecule has 1 aromatic rings. The molecule has 2 rings (SSSR count). The first-order valence-electron chi connectivity index (χ1n) is 5.10. The van der Waals surface area contributed by atoms with Crippen LogP contribution in [0.5, 0.6) is 0 Å². The minimum Gasteiger partial charge on any atom is -0.369 e. The van der Waals surface area contributed by atoms with Crippen molar-refractivity contribution in [1.29, 1.82) is 0 Å². The van der Waals surface area contributed by atoms with E-state index in [-0.39, 0.29) is 0 Å². The van der Waals surface area contributed by atoms with Crippen LogP contribution < -0.4 is 10.2 Å². The third-order valence-electron chi connectivity index (χ3n) is 2.64. The molecule has 0 aromatic heterocycles. The zero-order valence-corrected chi connectivity index (χ0v) is 11.0. The number of piperazine rings is 1. The van der Waals surface area contributed by atoms with Crippen LogP contribution in [0.3, 0.4) is 0 Å². The summed E-state index contributed by atoms with van der Waals surface area (Å²) in [5.41, 5.74) is 1.21. The number of nitrogens with one attached hydrogen (secondary N) is 1. The van der Waals surface area contributed by atoms with Gasteiger partial charge in [-0.25, -0.2) is 0 Å². The average Bonchev–Trinajstić information content (AvgIpc) is 2.22. The van der Waals surface area contributed by atoms with E-state index in [0.29, 0.717) is 6.04 Å². The third kappa shape index (κ3) is 2.65. The first-order valence-corrected chi connectivity index (χ1v) is 6.27. The van der Waals surface area contributed by atoms with Crippen LogP contribution in [0.1, 0.15) is 6.92 Å². The minimum absolute atomic E-state index is 0.543. The van der Waals surface area contributed by atoms with Crippen molar-refractivity contribution in [3.8, 4) is 0 Å². The molecule has 1 heterocycles. The molecule has 4 heteroatoms. The lowest BCUT2D eigenvalue weighted by molar-refractivity contribution is 0.485. The lowest BCUT2D eigenvalue weighted by atomic mass is 10.2. The van der Waals surface area contributed by atoms with E-state index in [2.05, 4.69) is 39.1 Å². The highest BCUT2D eigenvalue weighted by Crippen LogP contribution is 2.27. The molecule has 0 spiro atoms. The molecule has 1 unspecified atom stereocenters. The number of rotatable bonds is 1. The fraction of sp³-hybridized carbons (Fsp3) is 0.455. The van der Waals surface area contributed by atoms with Crippen LogP contribution in [0.4, 0.5) is 5.69 Å². The topological polar surface area (TPSA) is 15.3 Å². The molecular formula is C11H14BrClN2. The van der Waals surface area contributed by atoms with E-state index in [4.69, 9.17) is 11.6 Å². The average molecular weight is 290 g/mol. The second-order valence-electron chi connectivity index (χ2n) is 3.90. The number of benzene rings is 1. The zero-order valence-electron chi connectivity index (χ0n) is 8.63. The quantitative estimate of drug-likeness (QED) is 0.855. The summed E-state index contributed by atoms with van der Waals surface area (Å²) < 4.78 is 0.955. The van der Waals surface area contributed by atoms with Gasteiger partial charge in [0.05, 0.1) is 5.02 Å². The Kier molecular flexibility index (Phi) is 3.54. The monoisotopic (exact) mass is 288 g/mol. The largest absolute Gasteiger partial charge is 0.369 e. The van der Waals surface area contributed by atoms with E-state index >= 15 is 0 Å². The molecule has 82 valence electrons. The van der Waals surface area contributed by atoms with E-state index in [1.807, 2.05) is 12.1 Å². The van der Waals surface area contributed by atoms with Gasteiger partial charge >= 0.3 is 0 Å². The van der Waals surface area contributed by atoms with Crippen LogP contribution in [0.2, 0.25) is 5.02 Å². The lowest BCUT2D eigenvalue weighted by Gasteiger charge is -2.33. The molecule has 2 nitrogen and oxygen atoms in total. The van der Waals surface area contributed by atoms with Gasteiger partial charge in [0.1, 0.15) is 0 Å². The first kappa shape index (κ1) is 11.2. The number of hydrogen-bond donors (Lipinski definition) is 1. The first-order chi connectivity index (χ1) is 7.16. The van der Waals surface area contributed by atoms with E-state index in [0.717, 1.165) is 29.1 Å². The Balaban J connectivity index is 2.18. The smallest absolute Gasteiger partial charge is 0.0568 e. The molecule has 1 aliphatic rings. The molecule has 15 heavy (non-hydrogen) atoms. The van der Waals surface area contributed by atoms with Gasteiger partial charge in [0.15, 0.2) is 0 Å². The van der Waals surface area contributed by atoms with Gasteiger partial charge in [-0.15, -0.1) is 0 Å². The fourth-order valence-electron chi connectivity index (χ4n) is 1.85. The van der Waals surface area contributed by atoms with E-state index in [1.165, 1.54) is 5.69 Å². The van der Waals surface area contributed by atoms with Crippen molar-refractivity contribution in [1.82, 2.24) is 5.32 Å². The SMILES string of the molecule is CC1CN(c2ccc(Br)c(Cl)c2)CCN1. The fourth-order valence-corrected chi connectivity index (χ4v) is 2.27. The molecule has 0 amide bonds. The normalized spacial score (nSPS) is 21.8. The van der Waals surface area contributed by atoms with E-state index < -0.39 is 0 Å². The Morgan fingerprint density at radius 1 is 1.53 bits per heavy atom. The molecule has 1 atom stereocenters. The Hall–Kier alpha value is -0.250. The summed E-state index contributed by atoms with van der Waals surface area (Å²) in [5, 5.41) is 4.20. The second kappa shape index (κ2) is 4.73. The summed E-state index contributed by atoms with van der Waals surface area (Å²) in [6.07, 6.45) is 0. The third-order valence-corrected chi connectivity index (χ3v) is 3.87. The molecule has 1 N–H and O–H groups in total. The van der Waals surface area contributed by atoms with Gasteiger partial charge in [0, 0.05) is 35.8 Å². The molecule has 0 aliphatic carbocycles. The molecule has 0 radical (unpaired) electrons. The van der Waals surface area contributed by atoms with Crippen LogP contribution in [0.15, 0.2) is 22.7 Å². The summed E-state index contributed by atoms with van der Waals surface area (Å²) in [4.78, 5) is 2.36. The number of anilines is 1. The van der Waals surface area contributed by atoms with E-state index in [1.54, 1.807) is 0 Å². The predicted molar refractivity (Wildman–Crippen MR) is 68.8 cm³/mol. The molecule has 0 saturated carbocycles. The van der Waals surface area contributed by atoms with Crippen LogP contribution in [0.25, 0.3) is 0 Å². The Morgan fingerprint density at radius 2 is 2.33 bits per heavy atom. The summed E-state index contributed by atoms with van der Waals surface area (Å²) in [6.45, 7) is 5.32. The maximum absolute atomic E-state index is 6.08. The van der Waals surface area contributed by atoms with Crippen molar-refractivity contribution in [2.45, 2.75) is 13.0 Å². The van der Waals surface area contributed by atoms with E-state index in [9.17, 15) is 0 Å². The highest BCUT2D eigenvalue weighted by atomic mass is 79.9. The Morgan fingerprint density at radius 3 is 3.00 bits per heavy atom. The minimum atomic E-state index is 0.543. The van der Waals surface area contributed by atoms with Gasteiger partial charge in [0.2, 0.25) is 0 Å². The van der Waals surface area contributed by atoms with Crippen LogP contribution >= 0.6 is 27.5 Å². The summed E-state index contributed by atoms with van der Waals surface area (Å²) >= 11 is 9.48. The maximum atomic E-state index is 6.08. The molecular weight excluding hydrogens is 275 g/mol. The van der Waals surface area contributed by atoms with Crippen molar-refractivity contribution in [2.75, 3.05) is 24.5 Å². The number of hydrogen-bond acceptors (Lipinski definition) is 2. The molecule has 1 fully saturated rings. The number of nitrogens with zero attached hydrogens (tertiary/aromatic N) is 1. The summed E-state index contributed by atoms with van der Waals surface area (Å²) in [5.74, 6) is 0. The second-order valence-corrected chi connectivity index (χ2v) is 5.16. The lowest BCUT2D eigenvalue weighted by Crippen LogP contribution is -2.49. The summed E-state index contributed by atoms with van der Waals surface area (Å²) in [7, 11) is 0. The van der Waals surface area contributed by atoms with Gasteiger partial charge in [-0.05, 0) is 41.1 Å². The molecule has 0 bridgehead atoms. The Labute approximate surface area is 104 Å². The standard InChI is InChI=1S/C11H14BrClN2/c1-8-7-15(5-4-14-8)9-2-3-10(12)11(13)6-9/h2-3,6,8,14H,4-5,7H2,1H3. The van der Waals surface area contributed by atoms with Crippen LogP contribution in [0, 0.1) is 0 Å². The van der Waals surface area contributed by atoms with Gasteiger partial charge in [-0.2, -0.15) is 0 Å². The van der Waals surface area contributed by atoms with Gasteiger partial charge in [0.25, 0.3) is 0 Å². The molecule has 1 saturated heterocycles. The van der Waals surface area contributed by atoms with Crippen LogP contribution in [-0.4, -0.2) is 25.7 Å². The van der Waals surface area contributed by atoms with Gasteiger partial charge < -0.3 is 10.2 Å². The van der Waals surface area contributed by atoms with Gasteiger partial charge in [-0.3, -0.25) is 0 Å². The highest BCUT2D eigenvalue weighted by molar-refractivity contribution is 9.10. The maximum Gasteiger partial charge on any atom is 0.0568 e. The van der Waals surface area contributed by atoms with Crippen molar-refractivity contribution in [3.63, 3.8) is 0 Å². The zero-order chi connectivity index (χ0) is 10.8. The predicted octanol–water partition coefficient (Wildman–Crippen LogP) is 2.90. The van der Waals surface area contributed by atoms with Crippen molar-refractivity contribution in [2.24, 2.45) is 0 Å². The van der Waals surface area contributed by atoms with Crippen molar-refractivity contribution in [3.05, 3.63) is 27.7 Å². The Bertz CT molecular complexity index is 356. The van der Waals surface area contributed by atoms with Gasteiger partial charge in [-0.1, -0.05) is 11.6 Å². The summed E-state index contributed by atoms with van der Waals surface area (Å²) in [6, 6.07) is 6.67. The highest BCUT2D eigenvalue weighted by Gasteiger charge is 2.16. The molecule has 1 aromatic carbocycles. The van der Waals surface area contributed by atoms with Crippen molar-refractivity contribution >= 4 is 33.2 Å². The van der Waals surface area contributed by atoms with Crippen LogP contribution in [-0.2, 0) is 0 Å². The molecule has 1 aliphatic heterocycles.